The molecule has 0 bridgehead atoms. The van der Waals surface area contributed by atoms with E-state index in [0.29, 0.717) is 57.9 Å². The first-order valence-corrected chi connectivity index (χ1v) is 30.2. The van der Waals surface area contributed by atoms with Crippen molar-refractivity contribution in [2.24, 2.45) is 5.11 Å². The van der Waals surface area contributed by atoms with Gasteiger partial charge in [0.05, 0.1) is 70.7 Å². The van der Waals surface area contributed by atoms with Gasteiger partial charge < -0.3 is 47.2 Å². The number of carbonyl (C=O) groups is 4. The van der Waals surface area contributed by atoms with Crippen molar-refractivity contribution >= 4 is 106 Å². The number of anilines is 2. The van der Waals surface area contributed by atoms with Crippen LogP contribution in [-0.4, -0.2) is 153 Å². The first-order chi connectivity index (χ1) is 40.1. The Kier molecular flexibility index (Phi) is 35.2. The Morgan fingerprint density at radius 3 is 1.60 bits per heavy atom. The van der Waals surface area contributed by atoms with E-state index in [1.807, 2.05) is 0 Å². The van der Waals surface area contributed by atoms with Crippen molar-refractivity contribution in [3.8, 4) is 0 Å². The summed E-state index contributed by atoms with van der Waals surface area (Å²) in [5.41, 5.74) is 13.2. The minimum atomic E-state index is -4.55. The Bertz CT molecular complexity index is 3780. The molecule has 1 atom stereocenters. The molecule has 2 heterocycles. The number of hydrogen-bond acceptors (Lipinski definition) is 22. The number of carbonyl (C=O) groups excluding carboxylic acids is 2. The molecule has 0 saturated heterocycles. The molecule has 0 saturated carbocycles. The van der Waals surface area contributed by atoms with Crippen LogP contribution >= 0.6 is 7.92 Å². The largest absolute Gasteiger partial charge is 7.00 e. The number of carboxylic acid groups (broad SMARTS) is 2. The Labute approximate surface area is 589 Å². The maximum Gasteiger partial charge on any atom is 7.00 e. The van der Waals surface area contributed by atoms with Gasteiger partial charge in [-0.3, -0.25) is 43.1 Å². The van der Waals surface area contributed by atoms with E-state index in [-0.39, 0.29) is 150 Å². The normalized spacial score (nSPS) is 11.4. The molecule has 7 aromatic rings. The van der Waals surface area contributed by atoms with Crippen LogP contribution in [0.3, 0.4) is 0 Å². The quantitative estimate of drug-likeness (QED) is 0.00831. The summed E-state index contributed by atoms with van der Waals surface area (Å²) in [4.78, 5) is 72.1. The zero-order chi connectivity index (χ0) is 62.7. The van der Waals surface area contributed by atoms with Crippen molar-refractivity contribution in [3.05, 3.63) is 155 Å². The predicted octanol–water partition coefficient (Wildman–Crippen LogP) is -8.08. The van der Waals surface area contributed by atoms with Gasteiger partial charge in [0.15, 0.2) is 11.2 Å². The van der Waals surface area contributed by atoms with Gasteiger partial charge in [0, 0.05) is 23.4 Å². The van der Waals surface area contributed by atoms with Crippen LogP contribution in [0.5, 0.6) is 0 Å². The van der Waals surface area contributed by atoms with E-state index < -0.39 is 114 Å². The van der Waals surface area contributed by atoms with E-state index in [4.69, 9.17) is 31.7 Å². The fraction of sp³-hybridized carbons (Fsp3) is 0.216. The van der Waals surface area contributed by atoms with E-state index in [9.17, 15) is 68.0 Å². The molecule has 0 radical (unpaired) electrons. The standard InChI is InChI=1S/C27H28N10O5.C18H15O9PS3.C6H13NO5.3Na.Tc/c28-27-35-22-21(25(40)36-27)33-19(14-32-22)13-31-17-8-4-16(5-9-17)24(39)34-20(26(41)42)3-1-2-12-30-23(38)15-6-10-18(37-29)11-7-15;19-29(20,21)16-7-1-4-13(10-16)28(14-5-2-8-17(11-14)30(22,23)24)15-6-3-9-18(12-15)31(25,26)27;8-2-6(3-9,4-10)7-1-5(11)12;;;;/h4-11,14,20,29,31H,1-3,12-13H2,(H,30,38)(H,34,39)(H,41,42)(H3,28,32,35,36,40);1-12H,(H,19,20,21)(H,22,23,24)(H,25,26,27);7-10H,1-4H2,(H,11,12);;;;/q;;;3*+1;+7/t20-;;;;;;/m0....../s1/i;;;;;;1+1. The van der Waals surface area contributed by atoms with Crippen LogP contribution in [-0.2, 0) is 66.6 Å². The third-order valence-electron chi connectivity index (χ3n) is 11.8. The molecule has 30 nitrogen and oxygen atoms in total. The number of fused-ring (bicyclic) bond motifs is 1. The van der Waals surface area contributed by atoms with E-state index in [2.05, 4.69) is 46.3 Å². The van der Waals surface area contributed by atoms with Crippen LogP contribution < -0.4 is 137 Å². The molecule has 0 spiro atoms. The number of aliphatic carboxylic acids is 2. The second-order valence-electron chi connectivity index (χ2n) is 17.9. The van der Waals surface area contributed by atoms with Crippen molar-refractivity contribution in [1.82, 2.24) is 35.9 Å². The summed E-state index contributed by atoms with van der Waals surface area (Å²) in [5.74, 6) is -3.13. The molecule has 0 aliphatic carbocycles. The number of unbranched alkanes of at least 4 members (excludes halogenated alkanes) is 1. The molecule has 0 aliphatic rings. The molecule has 2 aromatic heterocycles. The number of carboxylic acids is 2. The molecule has 89 heavy (non-hydrogen) atoms. The fourth-order valence-electron chi connectivity index (χ4n) is 7.33. The minimum Gasteiger partial charge on any atom is -0.480 e. The second-order valence-corrected chi connectivity index (χ2v) is 24.4. The molecule has 38 heteroatoms. The molecule has 0 fully saturated rings. The van der Waals surface area contributed by atoms with Gasteiger partial charge in [-0.05, 0) is 128 Å². The number of nitrogen functional groups attached to an aromatic ring is 1. The summed E-state index contributed by atoms with van der Waals surface area (Å²) in [5, 5.41) is 59.0. The Hall–Kier alpha value is -4.95. The van der Waals surface area contributed by atoms with Gasteiger partial charge >= 0.3 is 121 Å². The van der Waals surface area contributed by atoms with Crippen molar-refractivity contribution in [3.63, 3.8) is 0 Å². The van der Waals surface area contributed by atoms with Crippen molar-refractivity contribution < 1.29 is 192 Å². The number of aromatic nitrogens is 4. The van der Waals surface area contributed by atoms with E-state index in [0.717, 1.165) is 18.2 Å². The number of nitrogens with two attached hydrogens (primary N) is 1. The van der Waals surface area contributed by atoms with Crippen LogP contribution in [0.2, 0.25) is 0 Å². The van der Waals surface area contributed by atoms with Crippen LogP contribution in [0.15, 0.2) is 152 Å². The molecule has 16 N–H and O–H groups in total. The number of benzene rings is 5. The third kappa shape index (κ3) is 25.6. The van der Waals surface area contributed by atoms with Gasteiger partial charge in [0.25, 0.3) is 47.7 Å². The Balaban J connectivity index is 0.000000743. The zero-order valence-corrected chi connectivity index (χ0v) is 58.8. The number of hydrogen-bond donors (Lipinski definition) is 15. The van der Waals surface area contributed by atoms with Crippen LogP contribution in [0.1, 0.15) is 45.7 Å². The zero-order valence-electron chi connectivity index (χ0n) is 47.6. The number of nitrogens with zero attached hydrogens (tertiary/aromatic N) is 4. The maximum atomic E-state index is 12.7. The number of H-pyrrole nitrogens is 1. The van der Waals surface area contributed by atoms with Gasteiger partial charge in [0.2, 0.25) is 5.95 Å². The molecule has 5 aromatic carbocycles. The van der Waals surface area contributed by atoms with Gasteiger partial charge in [-0.1, -0.05) is 36.4 Å². The number of rotatable bonds is 25. The van der Waals surface area contributed by atoms with E-state index >= 15 is 0 Å². The van der Waals surface area contributed by atoms with Crippen LogP contribution in [0.4, 0.5) is 17.3 Å². The molecule has 0 aliphatic heterocycles. The van der Waals surface area contributed by atoms with Crippen molar-refractivity contribution in [2.45, 2.75) is 52.1 Å². The average molecular weight is 1420 g/mol. The van der Waals surface area contributed by atoms with Crippen LogP contribution in [0.25, 0.3) is 11.2 Å². The minimum absolute atomic E-state index is 0. The first kappa shape index (κ1) is 82.1. The molecular weight excluding hydrogens is 1370 g/mol. The molecule has 2 amide bonds. The van der Waals surface area contributed by atoms with Gasteiger partial charge in [-0.25, -0.2) is 20.3 Å². The smallest absolute Gasteiger partial charge is 0.480 e. The summed E-state index contributed by atoms with van der Waals surface area (Å²) in [7, 11) is -15.4. The summed E-state index contributed by atoms with van der Waals surface area (Å²) < 4.78 is 97.7. The number of aromatic amines is 1. The summed E-state index contributed by atoms with van der Waals surface area (Å²) in [6.45, 7) is -1.39. The number of amides is 2. The molecule has 7 rings (SSSR count). The third-order valence-corrected chi connectivity index (χ3v) is 16.8. The molecule has 0 unspecified atom stereocenters. The van der Waals surface area contributed by atoms with E-state index in [1.54, 1.807) is 48.5 Å². The second kappa shape index (κ2) is 38.2. The van der Waals surface area contributed by atoms with Gasteiger partial charge in [0.1, 0.15) is 6.04 Å². The topological polar surface area (TPSA) is 514 Å². The van der Waals surface area contributed by atoms with E-state index in [1.165, 1.54) is 60.8 Å². The molecule has 452 valence electrons. The Morgan fingerprint density at radius 1 is 0.685 bits per heavy atom. The van der Waals surface area contributed by atoms with Crippen molar-refractivity contribution in [1.29, 1.82) is 5.53 Å². The van der Waals surface area contributed by atoms with Gasteiger partial charge in [-0.15, -0.1) is 0 Å². The predicted molar refractivity (Wildman–Crippen MR) is 307 cm³/mol. The number of aliphatic hydroxyl groups excluding tert-OH is 3. The van der Waals surface area contributed by atoms with Gasteiger partial charge in [-0.2, -0.15) is 35.4 Å². The fourth-order valence-corrected chi connectivity index (χ4v) is 11.6. The Morgan fingerprint density at radius 2 is 1.16 bits per heavy atom. The summed E-state index contributed by atoms with van der Waals surface area (Å²) in [6, 6.07) is 27.3. The SMILES string of the molecule is N=Nc1ccc(C(=O)NCCCC[C@H](NC(=O)c2ccc(NCc3cnc4nc(N)[nH]c(=O)c4n3)cc2)C(=O)O)cc1.O=C(O)CNC(CO)(CO)CO.O=S(=O)(O)c1cccc(P(c2cccc(S(=O)(=O)O)c2)c2cccc(S(=O)(=O)O)c2)c1.[99Tc+7].[Na+].[Na+].[Na+]. The maximum absolute atomic E-state index is 12.7. The van der Waals surface area contributed by atoms with Crippen LogP contribution in [0, 0.1) is 5.53 Å². The van der Waals surface area contributed by atoms with Crippen molar-refractivity contribution in [2.75, 3.05) is 44.0 Å². The summed E-state index contributed by atoms with van der Waals surface area (Å²) in [6.07, 6.45) is 2.64. The summed E-state index contributed by atoms with van der Waals surface area (Å²) >= 11 is 0. The number of aliphatic hydroxyl groups is 3. The number of nitrogens with one attached hydrogen (secondary N) is 6. The average Bonchev–Trinajstić information content (AvgIpc) is 2.74. The first-order valence-electron chi connectivity index (χ1n) is 24.6. The monoisotopic (exact) mass is 1420 g/mol. The molecular formula is C51H56N11Na3O19PS3Tc+10.